The zero-order chi connectivity index (χ0) is 16.1. The Morgan fingerprint density at radius 2 is 1.74 bits per heavy atom. The number of methoxy groups -OCH3 is 1. The van der Waals surface area contributed by atoms with Crippen LogP contribution >= 0.6 is 0 Å². The highest BCUT2D eigenvalue weighted by molar-refractivity contribution is 5.94. The Balaban J connectivity index is 1.57. The van der Waals surface area contributed by atoms with Gasteiger partial charge in [0.15, 0.2) is 11.5 Å². The largest absolute Gasteiger partial charge is 0.493 e. The number of carbonyl (C=O) groups is 1. The molecule has 1 saturated heterocycles. The van der Waals surface area contributed by atoms with Gasteiger partial charge >= 0.3 is 0 Å². The van der Waals surface area contributed by atoms with E-state index in [0.717, 1.165) is 24.3 Å². The number of piperidine rings is 1. The van der Waals surface area contributed by atoms with Crippen LogP contribution in [0.2, 0.25) is 0 Å². The third-order valence-electron chi connectivity index (χ3n) is 4.02. The third-order valence-corrected chi connectivity index (χ3v) is 4.02. The second-order valence-electron chi connectivity index (χ2n) is 5.50. The molecule has 0 saturated carbocycles. The predicted octanol–water partition coefficient (Wildman–Crippen LogP) is 2.77. The standard InChI is InChI=1S/C18H20N2O3/c1-22-16-4-2-3-5-17(16)23-15-8-12-20(13-9-15)18(21)14-6-10-19-11-7-14/h2-7,10-11,15H,8-9,12-13H2,1H3. The van der Waals surface area contributed by atoms with E-state index in [1.54, 1.807) is 31.6 Å². The van der Waals surface area contributed by atoms with Gasteiger partial charge in [0.1, 0.15) is 6.10 Å². The normalized spacial score (nSPS) is 15.3. The van der Waals surface area contributed by atoms with Crippen molar-refractivity contribution < 1.29 is 14.3 Å². The van der Waals surface area contributed by atoms with Crippen molar-refractivity contribution in [2.75, 3.05) is 20.2 Å². The van der Waals surface area contributed by atoms with Crippen molar-refractivity contribution in [3.8, 4) is 11.5 Å². The van der Waals surface area contributed by atoms with Crippen LogP contribution < -0.4 is 9.47 Å². The number of nitrogens with zero attached hydrogens (tertiary/aromatic N) is 2. The van der Waals surface area contributed by atoms with Gasteiger partial charge < -0.3 is 14.4 Å². The minimum absolute atomic E-state index is 0.0585. The van der Waals surface area contributed by atoms with E-state index in [1.165, 1.54) is 0 Å². The number of hydrogen-bond acceptors (Lipinski definition) is 4. The van der Waals surface area contributed by atoms with E-state index < -0.39 is 0 Å². The molecule has 0 atom stereocenters. The van der Waals surface area contributed by atoms with Crippen LogP contribution in [0.15, 0.2) is 48.8 Å². The van der Waals surface area contributed by atoms with Gasteiger partial charge in [-0.2, -0.15) is 0 Å². The molecule has 120 valence electrons. The first-order chi connectivity index (χ1) is 11.3. The lowest BCUT2D eigenvalue weighted by molar-refractivity contribution is 0.0590. The summed E-state index contributed by atoms with van der Waals surface area (Å²) in [6, 6.07) is 11.1. The van der Waals surface area contributed by atoms with Gasteiger partial charge in [0, 0.05) is 43.9 Å². The first kappa shape index (κ1) is 15.3. The minimum Gasteiger partial charge on any atom is -0.493 e. The number of ether oxygens (including phenoxy) is 2. The van der Waals surface area contributed by atoms with E-state index in [4.69, 9.17) is 9.47 Å². The van der Waals surface area contributed by atoms with Gasteiger partial charge in [-0.15, -0.1) is 0 Å². The molecule has 0 N–H and O–H groups in total. The van der Waals surface area contributed by atoms with Gasteiger partial charge in [-0.25, -0.2) is 0 Å². The highest BCUT2D eigenvalue weighted by atomic mass is 16.5. The number of carbonyl (C=O) groups excluding carboxylic acids is 1. The molecule has 3 rings (SSSR count). The molecule has 0 unspecified atom stereocenters. The summed E-state index contributed by atoms with van der Waals surface area (Å²) in [7, 11) is 1.64. The number of pyridine rings is 1. The van der Waals surface area contributed by atoms with Crippen molar-refractivity contribution in [1.82, 2.24) is 9.88 Å². The first-order valence-electron chi connectivity index (χ1n) is 7.77. The fourth-order valence-electron chi connectivity index (χ4n) is 2.75. The van der Waals surface area contributed by atoms with Gasteiger partial charge in [-0.1, -0.05) is 12.1 Å². The molecule has 0 bridgehead atoms. The summed E-state index contributed by atoms with van der Waals surface area (Å²) in [6.07, 6.45) is 5.02. The van der Waals surface area contributed by atoms with E-state index in [-0.39, 0.29) is 12.0 Å². The van der Waals surface area contributed by atoms with Crippen molar-refractivity contribution in [1.29, 1.82) is 0 Å². The summed E-state index contributed by atoms with van der Waals surface area (Å²) < 4.78 is 11.3. The summed E-state index contributed by atoms with van der Waals surface area (Å²) in [5.74, 6) is 1.56. The molecule has 1 aliphatic heterocycles. The topological polar surface area (TPSA) is 51.7 Å². The lowest BCUT2D eigenvalue weighted by atomic mass is 10.1. The molecule has 1 aromatic carbocycles. The fraction of sp³-hybridized carbons (Fsp3) is 0.333. The van der Waals surface area contributed by atoms with Crippen molar-refractivity contribution >= 4 is 5.91 Å². The Morgan fingerprint density at radius 3 is 2.39 bits per heavy atom. The van der Waals surface area contributed by atoms with Crippen molar-refractivity contribution in [3.63, 3.8) is 0 Å². The summed E-state index contributed by atoms with van der Waals surface area (Å²) in [5.41, 5.74) is 0.684. The van der Waals surface area contributed by atoms with E-state index in [9.17, 15) is 4.79 Å². The Bertz CT molecular complexity index is 652. The predicted molar refractivity (Wildman–Crippen MR) is 86.8 cm³/mol. The minimum atomic E-state index is 0.0585. The summed E-state index contributed by atoms with van der Waals surface area (Å²) >= 11 is 0. The number of rotatable bonds is 4. The van der Waals surface area contributed by atoms with Crippen LogP contribution in [-0.4, -0.2) is 42.1 Å². The Hall–Kier alpha value is -2.56. The number of aromatic nitrogens is 1. The Morgan fingerprint density at radius 1 is 1.09 bits per heavy atom. The molecule has 5 heteroatoms. The lowest BCUT2D eigenvalue weighted by Crippen LogP contribution is -2.41. The van der Waals surface area contributed by atoms with E-state index >= 15 is 0 Å². The number of para-hydroxylation sites is 2. The van der Waals surface area contributed by atoms with Crippen LogP contribution in [-0.2, 0) is 0 Å². The second-order valence-corrected chi connectivity index (χ2v) is 5.50. The van der Waals surface area contributed by atoms with Crippen molar-refractivity contribution in [2.24, 2.45) is 0 Å². The van der Waals surface area contributed by atoms with Crippen LogP contribution in [0.3, 0.4) is 0 Å². The molecular weight excluding hydrogens is 292 g/mol. The smallest absolute Gasteiger partial charge is 0.253 e. The van der Waals surface area contributed by atoms with Crippen LogP contribution in [0, 0.1) is 0 Å². The first-order valence-corrected chi connectivity index (χ1v) is 7.77. The van der Waals surface area contributed by atoms with Gasteiger partial charge in [0.05, 0.1) is 7.11 Å². The maximum Gasteiger partial charge on any atom is 0.253 e. The molecule has 1 aliphatic rings. The van der Waals surface area contributed by atoms with E-state index in [2.05, 4.69) is 4.98 Å². The molecular formula is C18H20N2O3. The molecule has 1 amide bonds. The molecule has 2 heterocycles. The van der Waals surface area contributed by atoms with Gasteiger partial charge in [0.2, 0.25) is 0 Å². The molecule has 5 nitrogen and oxygen atoms in total. The quantitative estimate of drug-likeness (QED) is 0.871. The Kier molecular flexibility index (Phi) is 4.76. The highest BCUT2D eigenvalue weighted by Gasteiger charge is 2.25. The number of hydrogen-bond donors (Lipinski definition) is 0. The van der Waals surface area contributed by atoms with Gasteiger partial charge in [-0.05, 0) is 24.3 Å². The number of likely N-dealkylation sites (tertiary alicyclic amines) is 1. The molecule has 0 spiro atoms. The van der Waals surface area contributed by atoms with Crippen LogP contribution in [0.5, 0.6) is 11.5 Å². The zero-order valence-corrected chi connectivity index (χ0v) is 13.1. The molecule has 0 aliphatic carbocycles. The summed E-state index contributed by atoms with van der Waals surface area (Å²) in [6.45, 7) is 1.39. The zero-order valence-electron chi connectivity index (χ0n) is 13.1. The maximum atomic E-state index is 12.4. The van der Waals surface area contributed by atoms with E-state index in [0.29, 0.717) is 18.7 Å². The van der Waals surface area contributed by atoms with Crippen LogP contribution in [0.1, 0.15) is 23.2 Å². The second kappa shape index (κ2) is 7.13. The maximum absolute atomic E-state index is 12.4. The number of benzene rings is 1. The average Bonchev–Trinajstić information content (AvgIpc) is 2.63. The molecule has 23 heavy (non-hydrogen) atoms. The Labute approximate surface area is 135 Å². The lowest BCUT2D eigenvalue weighted by Gasteiger charge is -2.32. The molecule has 1 aromatic heterocycles. The SMILES string of the molecule is COc1ccccc1OC1CCN(C(=O)c2ccncc2)CC1. The van der Waals surface area contributed by atoms with Gasteiger partial charge in [-0.3, -0.25) is 9.78 Å². The summed E-state index contributed by atoms with van der Waals surface area (Å²) in [4.78, 5) is 18.2. The molecule has 2 aromatic rings. The fourth-order valence-corrected chi connectivity index (χ4v) is 2.75. The van der Waals surface area contributed by atoms with Crippen LogP contribution in [0.4, 0.5) is 0 Å². The number of amides is 1. The van der Waals surface area contributed by atoms with Crippen LogP contribution in [0.25, 0.3) is 0 Å². The van der Waals surface area contributed by atoms with Crippen molar-refractivity contribution in [3.05, 3.63) is 54.4 Å². The van der Waals surface area contributed by atoms with Crippen molar-refractivity contribution in [2.45, 2.75) is 18.9 Å². The molecule has 0 radical (unpaired) electrons. The highest BCUT2D eigenvalue weighted by Crippen LogP contribution is 2.29. The summed E-state index contributed by atoms with van der Waals surface area (Å²) in [5, 5.41) is 0. The van der Waals surface area contributed by atoms with Gasteiger partial charge in [0.25, 0.3) is 5.91 Å². The molecule has 1 fully saturated rings. The average molecular weight is 312 g/mol. The van der Waals surface area contributed by atoms with E-state index in [1.807, 2.05) is 29.2 Å². The monoisotopic (exact) mass is 312 g/mol. The third kappa shape index (κ3) is 3.62.